The van der Waals surface area contributed by atoms with Crippen LogP contribution in [0, 0.1) is 5.92 Å². The smallest absolute Gasteiger partial charge is 0.407 e. The van der Waals surface area contributed by atoms with Gasteiger partial charge in [-0.25, -0.2) is 4.79 Å². The Morgan fingerprint density at radius 2 is 1.60 bits per heavy atom. The first kappa shape index (κ1) is 24.8. The molecule has 2 aromatic carbocycles. The van der Waals surface area contributed by atoms with Gasteiger partial charge >= 0.3 is 12.1 Å². The van der Waals surface area contributed by atoms with Crippen LogP contribution in [0.3, 0.4) is 0 Å². The van der Waals surface area contributed by atoms with Gasteiger partial charge in [0.15, 0.2) is 0 Å². The van der Waals surface area contributed by atoms with Gasteiger partial charge in [0.25, 0.3) is 0 Å². The number of fused-ring (bicyclic) bond motifs is 3. The predicted molar refractivity (Wildman–Crippen MR) is 133 cm³/mol. The van der Waals surface area contributed by atoms with Crippen molar-refractivity contribution in [2.45, 2.75) is 64.0 Å². The number of aliphatic carboxylic acids is 1. The number of hydrogen-bond donors (Lipinski definition) is 2. The highest BCUT2D eigenvalue weighted by Gasteiger charge is 2.37. The Labute approximate surface area is 206 Å². The Kier molecular flexibility index (Phi) is 7.15. The Balaban J connectivity index is 1.45. The van der Waals surface area contributed by atoms with Crippen molar-refractivity contribution in [1.82, 2.24) is 10.2 Å². The van der Waals surface area contributed by atoms with Gasteiger partial charge in [0.1, 0.15) is 12.6 Å². The molecule has 0 aromatic heterocycles. The zero-order chi connectivity index (χ0) is 25.2. The molecule has 2 aliphatic rings. The second-order valence-electron chi connectivity index (χ2n) is 10.5. The van der Waals surface area contributed by atoms with Crippen LogP contribution >= 0.6 is 0 Å². The average molecular weight is 479 g/mol. The molecule has 2 aliphatic carbocycles. The van der Waals surface area contributed by atoms with Gasteiger partial charge in [0.05, 0.1) is 6.42 Å². The number of nitrogens with one attached hydrogen (secondary N) is 1. The monoisotopic (exact) mass is 478 g/mol. The van der Waals surface area contributed by atoms with Crippen molar-refractivity contribution in [2.75, 3.05) is 13.2 Å². The molecule has 0 bridgehead atoms. The fourth-order valence-corrected chi connectivity index (χ4v) is 4.86. The van der Waals surface area contributed by atoms with Crippen LogP contribution in [0.25, 0.3) is 11.1 Å². The highest BCUT2D eigenvalue weighted by molar-refractivity contribution is 5.86. The Hall–Kier alpha value is -3.35. The number of benzene rings is 2. The number of carbonyl (C=O) groups excluding carboxylic acids is 2. The molecule has 7 nitrogen and oxygen atoms in total. The third kappa shape index (κ3) is 5.84. The molecule has 1 fully saturated rings. The molecule has 0 radical (unpaired) electrons. The zero-order valence-corrected chi connectivity index (χ0v) is 20.6. The summed E-state index contributed by atoms with van der Waals surface area (Å²) < 4.78 is 5.67. The molecular formula is C28H34N2O5. The van der Waals surface area contributed by atoms with Gasteiger partial charge in [-0.15, -0.1) is 0 Å². The van der Waals surface area contributed by atoms with Crippen molar-refractivity contribution in [3.05, 3.63) is 59.7 Å². The highest BCUT2D eigenvalue weighted by atomic mass is 16.5. The first-order valence-electron chi connectivity index (χ1n) is 12.3. The molecule has 0 saturated heterocycles. The Morgan fingerprint density at radius 1 is 1.03 bits per heavy atom. The normalized spacial score (nSPS) is 15.6. The quantitative estimate of drug-likeness (QED) is 0.540. The van der Waals surface area contributed by atoms with E-state index in [1.54, 1.807) is 4.90 Å². The predicted octanol–water partition coefficient (Wildman–Crippen LogP) is 4.80. The minimum atomic E-state index is -0.963. The van der Waals surface area contributed by atoms with Crippen molar-refractivity contribution >= 4 is 18.0 Å². The van der Waals surface area contributed by atoms with Gasteiger partial charge in [-0.2, -0.15) is 0 Å². The number of rotatable bonds is 9. The molecule has 1 atom stereocenters. The molecule has 1 saturated carbocycles. The minimum absolute atomic E-state index is 0.0626. The maximum atomic E-state index is 13.5. The summed E-state index contributed by atoms with van der Waals surface area (Å²) >= 11 is 0. The van der Waals surface area contributed by atoms with Crippen molar-refractivity contribution in [2.24, 2.45) is 5.92 Å². The number of amides is 2. The number of ether oxygens (including phenoxy) is 1. The topological polar surface area (TPSA) is 95.9 Å². The number of carboxylic acids is 1. The van der Waals surface area contributed by atoms with Gasteiger partial charge in [0.2, 0.25) is 5.91 Å². The van der Waals surface area contributed by atoms with Crippen LogP contribution in [-0.4, -0.2) is 52.7 Å². The highest BCUT2D eigenvalue weighted by Crippen LogP contribution is 2.44. The molecule has 186 valence electrons. The largest absolute Gasteiger partial charge is 0.481 e. The van der Waals surface area contributed by atoms with Crippen molar-refractivity contribution in [3.63, 3.8) is 0 Å². The molecule has 7 heteroatoms. The SMILES string of the molecule is CC(C)(C)N(CCC(=O)O)C(=O)[C@H](CC1CC1)NC(=O)OCC1c2ccccc2-c2ccccc21. The van der Waals surface area contributed by atoms with E-state index >= 15 is 0 Å². The molecular weight excluding hydrogens is 444 g/mol. The zero-order valence-electron chi connectivity index (χ0n) is 20.6. The minimum Gasteiger partial charge on any atom is -0.481 e. The number of carbonyl (C=O) groups is 3. The fourth-order valence-electron chi connectivity index (χ4n) is 4.86. The van der Waals surface area contributed by atoms with Crippen LogP contribution in [0.1, 0.15) is 63.5 Å². The van der Waals surface area contributed by atoms with E-state index in [2.05, 4.69) is 29.6 Å². The van der Waals surface area contributed by atoms with Gasteiger partial charge in [-0.1, -0.05) is 61.4 Å². The summed E-state index contributed by atoms with van der Waals surface area (Å²) in [5.41, 5.74) is 3.98. The first-order chi connectivity index (χ1) is 16.6. The summed E-state index contributed by atoms with van der Waals surface area (Å²) in [6.45, 7) is 5.87. The number of carboxylic acid groups (broad SMARTS) is 1. The third-order valence-corrected chi connectivity index (χ3v) is 6.82. The van der Waals surface area contributed by atoms with Crippen molar-refractivity contribution in [3.8, 4) is 11.1 Å². The molecule has 2 amide bonds. The third-order valence-electron chi connectivity index (χ3n) is 6.82. The fraction of sp³-hybridized carbons (Fsp3) is 0.464. The van der Waals surface area contributed by atoms with E-state index in [4.69, 9.17) is 9.84 Å². The van der Waals surface area contributed by atoms with E-state index in [-0.39, 0.29) is 31.4 Å². The van der Waals surface area contributed by atoms with Crippen LogP contribution in [0.15, 0.2) is 48.5 Å². The maximum absolute atomic E-state index is 13.5. The van der Waals surface area contributed by atoms with Crippen LogP contribution in [0.4, 0.5) is 4.79 Å². The summed E-state index contributed by atoms with van der Waals surface area (Å²) in [6.07, 6.45) is 1.81. The van der Waals surface area contributed by atoms with Gasteiger partial charge in [-0.05, 0) is 55.4 Å². The lowest BCUT2D eigenvalue weighted by molar-refractivity contribution is -0.142. The number of hydrogen-bond acceptors (Lipinski definition) is 4. The Morgan fingerprint density at radius 3 is 2.11 bits per heavy atom. The molecule has 0 unspecified atom stereocenters. The maximum Gasteiger partial charge on any atom is 0.407 e. The molecule has 0 aliphatic heterocycles. The van der Waals surface area contributed by atoms with Crippen LogP contribution < -0.4 is 5.32 Å². The lowest BCUT2D eigenvalue weighted by Gasteiger charge is -2.38. The summed E-state index contributed by atoms with van der Waals surface area (Å²) in [7, 11) is 0. The van der Waals surface area contributed by atoms with Gasteiger partial charge in [-0.3, -0.25) is 9.59 Å². The second kappa shape index (κ2) is 10.1. The molecule has 0 spiro atoms. The van der Waals surface area contributed by atoms with Crippen LogP contribution in [-0.2, 0) is 14.3 Å². The van der Waals surface area contributed by atoms with E-state index in [0.29, 0.717) is 12.3 Å². The van der Waals surface area contributed by atoms with Crippen LogP contribution in [0.2, 0.25) is 0 Å². The van der Waals surface area contributed by atoms with E-state index in [0.717, 1.165) is 35.1 Å². The summed E-state index contributed by atoms with van der Waals surface area (Å²) in [4.78, 5) is 39.0. The summed E-state index contributed by atoms with van der Waals surface area (Å²) in [6, 6.07) is 15.5. The molecule has 4 rings (SSSR count). The van der Waals surface area contributed by atoms with E-state index in [9.17, 15) is 14.4 Å². The second-order valence-corrected chi connectivity index (χ2v) is 10.5. The average Bonchev–Trinajstić information content (AvgIpc) is 3.56. The lowest BCUT2D eigenvalue weighted by Crippen LogP contribution is -2.55. The molecule has 35 heavy (non-hydrogen) atoms. The van der Waals surface area contributed by atoms with Crippen molar-refractivity contribution in [1.29, 1.82) is 0 Å². The number of alkyl carbamates (subject to hydrolysis) is 1. The molecule has 2 aromatic rings. The molecule has 2 N–H and O–H groups in total. The van der Waals surface area contributed by atoms with E-state index in [1.165, 1.54) is 0 Å². The first-order valence-corrected chi connectivity index (χ1v) is 12.3. The lowest BCUT2D eigenvalue weighted by atomic mass is 9.98. The van der Waals surface area contributed by atoms with Crippen molar-refractivity contribution < 1.29 is 24.2 Å². The van der Waals surface area contributed by atoms with Gasteiger partial charge < -0.3 is 20.1 Å². The van der Waals surface area contributed by atoms with E-state index in [1.807, 2.05) is 45.0 Å². The van der Waals surface area contributed by atoms with Gasteiger partial charge in [0, 0.05) is 18.0 Å². The summed E-state index contributed by atoms with van der Waals surface area (Å²) in [5, 5.41) is 11.9. The summed E-state index contributed by atoms with van der Waals surface area (Å²) in [5.74, 6) is -0.902. The Bertz CT molecular complexity index is 1060. The van der Waals surface area contributed by atoms with Crippen LogP contribution in [0.5, 0.6) is 0 Å². The number of nitrogens with zero attached hydrogens (tertiary/aromatic N) is 1. The molecule has 0 heterocycles. The standard InChI is InChI=1S/C28H34N2O5/c1-28(2,3)30(15-14-25(31)32)26(33)24(16-18-12-13-18)29-27(34)35-17-23-21-10-6-4-8-19(21)20-9-5-7-11-22(20)23/h4-11,18,23-24H,12-17H2,1-3H3,(H,29,34)(H,31,32)/t24-/m0/s1. The van der Waals surface area contributed by atoms with E-state index < -0.39 is 23.6 Å².